The number of rotatable bonds is 7. The maximum absolute atomic E-state index is 11.7. The summed E-state index contributed by atoms with van der Waals surface area (Å²) in [6, 6.07) is 5.71. The molecule has 1 amide bonds. The molecule has 0 spiro atoms. The van der Waals surface area contributed by atoms with E-state index in [1.807, 2.05) is 25.1 Å². The third kappa shape index (κ3) is 4.98. The molecule has 0 aliphatic heterocycles. The van der Waals surface area contributed by atoms with Crippen molar-refractivity contribution < 1.29 is 9.53 Å². The number of nitrogens with two attached hydrogens (primary N) is 1. The summed E-state index contributed by atoms with van der Waals surface area (Å²) in [7, 11) is 1.59. The molecule has 100 valence electrons. The number of methoxy groups -OCH3 is 1. The van der Waals surface area contributed by atoms with E-state index in [0.717, 1.165) is 23.4 Å². The van der Waals surface area contributed by atoms with Crippen molar-refractivity contribution in [2.75, 3.05) is 30.5 Å². The van der Waals surface area contributed by atoms with Gasteiger partial charge in [-0.1, -0.05) is 6.07 Å². The summed E-state index contributed by atoms with van der Waals surface area (Å²) in [5.74, 6) is 2.02. The zero-order chi connectivity index (χ0) is 13.4. The average Bonchev–Trinajstić information content (AvgIpc) is 2.35. The molecule has 0 aliphatic rings. The lowest BCUT2D eigenvalue weighted by molar-refractivity contribution is -0.113. The number of ether oxygens (including phenoxy) is 1. The first kappa shape index (κ1) is 14.9. The van der Waals surface area contributed by atoms with Gasteiger partial charge in [-0.05, 0) is 43.3 Å². The van der Waals surface area contributed by atoms with E-state index in [1.165, 1.54) is 0 Å². The van der Waals surface area contributed by atoms with Crippen molar-refractivity contribution in [3.05, 3.63) is 23.8 Å². The van der Waals surface area contributed by atoms with Gasteiger partial charge in [-0.3, -0.25) is 4.79 Å². The fourth-order valence-electron chi connectivity index (χ4n) is 1.46. The van der Waals surface area contributed by atoms with E-state index in [2.05, 4.69) is 5.32 Å². The number of anilines is 1. The second-order valence-corrected chi connectivity index (χ2v) is 5.05. The molecule has 0 aliphatic carbocycles. The number of hydrogen-bond acceptors (Lipinski definition) is 4. The fraction of sp³-hybridized carbons (Fsp3) is 0.462. The van der Waals surface area contributed by atoms with Crippen LogP contribution in [0.1, 0.15) is 12.0 Å². The van der Waals surface area contributed by atoms with Gasteiger partial charge >= 0.3 is 0 Å². The van der Waals surface area contributed by atoms with Gasteiger partial charge in [-0.15, -0.1) is 0 Å². The van der Waals surface area contributed by atoms with Crippen molar-refractivity contribution in [1.29, 1.82) is 0 Å². The maximum atomic E-state index is 11.7. The van der Waals surface area contributed by atoms with Crippen LogP contribution in [-0.2, 0) is 4.79 Å². The predicted molar refractivity (Wildman–Crippen MR) is 77.4 cm³/mol. The second-order valence-electron chi connectivity index (χ2n) is 3.95. The summed E-state index contributed by atoms with van der Waals surface area (Å²) in [5.41, 5.74) is 7.20. The smallest absolute Gasteiger partial charge is 0.234 e. The van der Waals surface area contributed by atoms with E-state index in [-0.39, 0.29) is 5.91 Å². The van der Waals surface area contributed by atoms with Crippen molar-refractivity contribution in [3.63, 3.8) is 0 Å². The quantitative estimate of drug-likeness (QED) is 0.743. The Hall–Kier alpha value is -1.20. The number of aryl methyl sites for hydroxylation is 1. The van der Waals surface area contributed by atoms with E-state index in [0.29, 0.717) is 18.0 Å². The lowest BCUT2D eigenvalue weighted by Crippen LogP contribution is -2.15. The van der Waals surface area contributed by atoms with E-state index in [9.17, 15) is 4.79 Å². The van der Waals surface area contributed by atoms with Gasteiger partial charge in [-0.2, -0.15) is 11.8 Å². The van der Waals surface area contributed by atoms with Crippen LogP contribution in [0.15, 0.2) is 18.2 Å². The van der Waals surface area contributed by atoms with Crippen molar-refractivity contribution in [2.24, 2.45) is 5.73 Å². The summed E-state index contributed by atoms with van der Waals surface area (Å²) >= 11 is 1.59. The summed E-state index contributed by atoms with van der Waals surface area (Å²) < 4.78 is 5.21. The number of benzene rings is 1. The van der Waals surface area contributed by atoms with Gasteiger partial charge in [0.2, 0.25) is 5.91 Å². The molecule has 0 radical (unpaired) electrons. The van der Waals surface area contributed by atoms with Crippen molar-refractivity contribution in [3.8, 4) is 5.75 Å². The SMILES string of the molecule is COc1ccc(C)cc1NC(=O)CSCCCN. The first-order valence-corrected chi connectivity index (χ1v) is 7.05. The highest BCUT2D eigenvalue weighted by Gasteiger charge is 2.07. The Morgan fingerprint density at radius 2 is 2.28 bits per heavy atom. The Kier molecular flexibility index (Phi) is 6.60. The van der Waals surface area contributed by atoms with E-state index in [1.54, 1.807) is 18.9 Å². The largest absolute Gasteiger partial charge is 0.495 e. The molecule has 0 aromatic heterocycles. The Morgan fingerprint density at radius 1 is 1.50 bits per heavy atom. The molecule has 5 heteroatoms. The molecule has 1 aromatic rings. The summed E-state index contributed by atoms with van der Waals surface area (Å²) in [5, 5.41) is 2.86. The molecule has 18 heavy (non-hydrogen) atoms. The molecule has 0 fully saturated rings. The average molecular weight is 268 g/mol. The van der Waals surface area contributed by atoms with Crippen LogP contribution >= 0.6 is 11.8 Å². The van der Waals surface area contributed by atoms with Crippen LogP contribution in [0.5, 0.6) is 5.75 Å². The number of thioether (sulfide) groups is 1. The van der Waals surface area contributed by atoms with E-state index in [4.69, 9.17) is 10.5 Å². The molecule has 4 nitrogen and oxygen atoms in total. The number of amides is 1. The number of carbonyl (C=O) groups excluding carboxylic acids is 1. The first-order chi connectivity index (χ1) is 8.67. The van der Waals surface area contributed by atoms with Crippen LogP contribution in [0, 0.1) is 6.92 Å². The molecule has 0 heterocycles. The fourth-order valence-corrected chi connectivity index (χ4v) is 2.23. The topological polar surface area (TPSA) is 64.3 Å². The molecule has 0 unspecified atom stereocenters. The summed E-state index contributed by atoms with van der Waals surface area (Å²) in [6.45, 7) is 2.64. The van der Waals surface area contributed by atoms with Gasteiger partial charge in [-0.25, -0.2) is 0 Å². The minimum absolute atomic E-state index is 0.0130. The van der Waals surface area contributed by atoms with Gasteiger partial charge < -0.3 is 15.8 Å². The van der Waals surface area contributed by atoms with Gasteiger partial charge in [0.05, 0.1) is 18.6 Å². The third-order valence-electron chi connectivity index (χ3n) is 2.36. The molecule has 1 aromatic carbocycles. The predicted octanol–water partition coefficient (Wildman–Crippen LogP) is 2.02. The van der Waals surface area contributed by atoms with Crippen LogP contribution < -0.4 is 15.8 Å². The normalized spacial score (nSPS) is 10.2. The lowest BCUT2D eigenvalue weighted by atomic mass is 10.2. The molecular weight excluding hydrogens is 248 g/mol. The highest BCUT2D eigenvalue weighted by Crippen LogP contribution is 2.25. The highest BCUT2D eigenvalue weighted by molar-refractivity contribution is 7.99. The van der Waals surface area contributed by atoms with Gasteiger partial charge in [0.25, 0.3) is 0 Å². The van der Waals surface area contributed by atoms with Gasteiger partial charge in [0, 0.05) is 0 Å². The van der Waals surface area contributed by atoms with E-state index < -0.39 is 0 Å². The zero-order valence-electron chi connectivity index (χ0n) is 10.9. The zero-order valence-corrected chi connectivity index (χ0v) is 11.7. The molecule has 0 saturated heterocycles. The second kappa shape index (κ2) is 8.00. The Morgan fingerprint density at radius 3 is 2.94 bits per heavy atom. The van der Waals surface area contributed by atoms with Crippen molar-refractivity contribution in [2.45, 2.75) is 13.3 Å². The molecule has 0 bridgehead atoms. The standard InChI is InChI=1S/C13H20N2O2S/c1-10-4-5-12(17-2)11(8-10)15-13(16)9-18-7-3-6-14/h4-5,8H,3,6-7,9,14H2,1-2H3,(H,15,16). The Bertz CT molecular complexity index is 397. The van der Waals surface area contributed by atoms with Gasteiger partial charge in [0.1, 0.15) is 5.75 Å². The number of carbonyl (C=O) groups is 1. The molecule has 3 N–H and O–H groups in total. The van der Waals surface area contributed by atoms with Crippen LogP contribution in [0.4, 0.5) is 5.69 Å². The molecule has 0 atom stereocenters. The van der Waals surface area contributed by atoms with E-state index >= 15 is 0 Å². The Labute approximate surface area is 112 Å². The maximum Gasteiger partial charge on any atom is 0.234 e. The van der Waals surface area contributed by atoms with Crippen molar-refractivity contribution in [1.82, 2.24) is 0 Å². The monoisotopic (exact) mass is 268 g/mol. The molecule has 1 rings (SSSR count). The molecular formula is C13H20N2O2S. The van der Waals surface area contributed by atoms with Gasteiger partial charge in [0.15, 0.2) is 0 Å². The van der Waals surface area contributed by atoms with Crippen LogP contribution in [0.25, 0.3) is 0 Å². The Balaban J connectivity index is 2.50. The summed E-state index contributed by atoms with van der Waals surface area (Å²) in [4.78, 5) is 11.7. The molecule has 0 saturated carbocycles. The number of nitrogens with one attached hydrogen (secondary N) is 1. The minimum Gasteiger partial charge on any atom is -0.495 e. The van der Waals surface area contributed by atoms with Crippen molar-refractivity contribution >= 4 is 23.4 Å². The van der Waals surface area contributed by atoms with Crippen LogP contribution in [0.2, 0.25) is 0 Å². The van der Waals surface area contributed by atoms with Crippen LogP contribution in [0.3, 0.4) is 0 Å². The first-order valence-electron chi connectivity index (χ1n) is 5.89. The number of hydrogen-bond donors (Lipinski definition) is 2. The van der Waals surface area contributed by atoms with Crippen LogP contribution in [-0.4, -0.2) is 31.1 Å². The lowest BCUT2D eigenvalue weighted by Gasteiger charge is -2.10. The highest BCUT2D eigenvalue weighted by atomic mass is 32.2. The minimum atomic E-state index is -0.0130. The third-order valence-corrected chi connectivity index (χ3v) is 3.40. The summed E-state index contributed by atoms with van der Waals surface area (Å²) in [6.07, 6.45) is 0.936.